The maximum Gasteiger partial charge on any atom is 0.279 e. The van der Waals surface area contributed by atoms with Crippen molar-refractivity contribution < 1.29 is 14.3 Å². The lowest BCUT2D eigenvalue weighted by molar-refractivity contribution is -0.128. The number of ether oxygens (including phenoxy) is 1. The van der Waals surface area contributed by atoms with Gasteiger partial charge in [0.05, 0.1) is 5.56 Å². The molecular weight excluding hydrogens is 372 g/mol. The fourth-order valence-corrected chi connectivity index (χ4v) is 2.61. The summed E-state index contributed by atoms with van der Waals surface area (Å²) in [5.74, 6) is -0.162. The van der Waals surface area contributed by atoms with Gasteiger partial charge in [0.25, 0.3) is 11.8 Å². The van der Waals surface area contributed by atoms with E-state index < -0.39 is 17.9 Å². The molecule has 2 amide bonds. The van der Waals surface area contributed by atoms with Gasteiger partial charge in [-0.25, -0.2) is 0 Å². The van der Waals surface area contributed by atoms with Crippen LogP contribution in [0.1, 0.15) is 28.4 Å². The molecule has 5 nitrogen and oxygen atoms in total. The Kier molecular flexibility index (Phi) is 5.98. The minimum atomic E-state index is -0.746. The molecule has 0 heterocycles. The number of amides is 2. The van der Waals surface area contributed by atoms with Crippen LogP contribution in [-0.4, -0.2) is 17.9 Å². The Balaban J connectivity index is 1.95. The second kappa shape index (κ2) is 7.97. The van der Waals surface area contributed by atoms with E-state index in [1.54, 1.807) is 31.2 Å². The third kappa shape index (κ3) is 4.35. The van der Waals surface area contributed by atoms with Crippen LogP contribution in [0.4, 0.5) is 0 Å². The van der Waals surface area contributed by atoms with E-state index in [4.69, 9.17) is 4.74 Å². The molecule has 0 aliphatic rings. The molecule has 2 aromatic carbocycles. The van der Waals surface area contributed by atoms with E-state index in [1.807, 2.05) is 32.0 Å². The zero-order valence-corrected chi connectivity index (χ0v) is 15.3. The molecule has 6 heteroatoms. The maximum atomic E-state index is 12.1. The molecule has 126 valence electrons. The van der Waals surface area contributed by atoms with Crippen LogP contribution in [0.15, 0.2) is 46.9 Å². The average Bonchev–Trinajstić information content (AvgIpc) is 2.56. The highest BCUT2D eigenvalue weighted by atomic mass is 79.9. The molecule has 0 fully saturated rings. The van der Waals surface area contributed by atoms with Crippen LogP contribution in [0.25, 0.3) is 0 Å². The summed E-state index contributed by atoms with van der Waals surface area (Å²) in [4.78, 5) is 24.2. The van der Waals surface area contributed by atoms with E-state index in [-0.39, 0.29) is 0 Å². The zero-order valence-electron chi connectivity index (χ0n) is 13.7. The van der Waals surface area contributed by atoms with Crippen molar-refractivity contribution in [3.8, 4) is 5.75 Å². The van der Waals surface area contributed by atoms with Gasteiger partial charge in [0, 0.05) is 4.47 Å². The lowest BCUT2D eigenvalue weighted by Crippen LogP contribution is -2.47. The Morgan fingerprint density at radius 2 is 1.62 bits per heavy atom. The Morgan fingerprint density at radius 3 is 2.25 bits per heavy atom. The second-order valence-corrected chi connectivity index (χ2v) is 6.26. The Bertz CT molecular complexity index is 741. The maximum absolute atomic E-state index is 12.1. The van der Waals surface area contributed by atoms with Crippen molar-refractivity contribution >= 4 is 27.7 Å². The first-order valence-corrected chi connectivity index (χ1v) is 8.27. The number of hydrogen-bond donors (Lipinski definition) is 2. The fraction of sp³-hybridized carbons (Fsp3) is 0.222. The van der Waals surface area contributed by atoms with Crippen LogP contribution >= 0.6 is 15.9 Å². The Hall–Kier alpha value is -2.34. The molecule has 0 saturated heterocycles. The van der Waals surface area contributed by atoms with Crippen molar-refractivity contribution in [2.24, 2.45) is 0 Å². The van der Waals surface area contributed by atoms with Crippen molar-refractivity contribution in [3.05, 3.63) is 63.6 Å². The summed E-state index contributed by atoms with van der Waals surface area (Å²) in [5.41, 5.74) is 7.10. The lowest BCUT2D eigenvalue weighted by Gasteiger charge is -2.18. The van der Waals surface area contributed by atoms with Crippen molar-refractivity contribution in [1.29, 1.82) is 0 Å². The van der Waals surface area contributed by atoms with Gasteiger partial charge in [0.2, 0.25) is 0 Å². The molecule has 0 aliphatic carbocycles. The normalized spacial score (nSPS) is 11.5. The van der Waals surface area contributed by atoms with E-state index in [0.29, 0.717) is 15.8 Å². The Labute approximate surface area is 149 Å². The fourth-order valence-electron chi connectivity index (χ4n) is 2.15. The smallest absolute Gasteiger partial charge is 0.279 e. The van der Waals surface area contributed by atoms with Crippen LogP contribution in [0.5, 0.6) is 5.75 Å². The summed E-state index contributed by atoms with van der Waals surface area (Å²) in [5, 5.41) is 0. The quantitative estimate of drug-likeness (QED) is 0.786. The van der Waals surface area contributed by atoms with Gasteiger partial charge in [0.15, 0.2) is 6.10 Å². The average molecular weight is 391 g/mol. The molecule has 0 saturated carbocycles. The number of aryl methyl sites for hydroxylation is 2. The van der Waals surface area contributed by atoms with Gasteiger partial charge in [-0.05, 0) is 60.0 Å². The van der Waals surface area contributed by atoms with E-state index in [1.165, 1.54) is 0 Å². The topological polar surface area (TPSA) is 67.4 Å². The SMILES string of the molecule is Cc1cccc(C)c1O[C@@H](C)C(=O)NNC(=O)c1ccccc1Br. The molecule has 0 unspecified atom stereocenters. The number of hydrazine groups is 1. The standard InChI is InChI=1S/C18H19BrN2O3/c1-11-7-6-8-12(2)16(11)24-13(3)17(22)20-21-18(23)14-9-4-5-10-15(14)19/h4-10,13H,1-3H3,(H,20,22)(H,21,23)/t13-/m0/s1. The second-order valence-electron chi connectivity index (χ2n) is 5.40. The van der Waals surface area contributed by atoms with E-state index in [9.17, 15) is 9.59 Å². The van der Waals surface area contributed by atoms with Crippen LogP contribution in [0.2, 0.25) is 0 Å². The number of rotatable bonds is 4. The molecule has 1 atom stereocenters. The molecule has 0 aliphatic heterocycles. The van der Waals surface area contributed by atoms with E-state index in [2.05, 4.69) is 26.8 Å². The highest BCUT2D eigenvalue weighted by Gasteiger charge is 2.18. The van der Waals surface area contributed by atoms with Gasteiger partial charge in [0.1, 0.15) is 5.75 Å². The molecule has 24 heavy (non-hydrogen) atoms. The molecule has 2 aromatic rings. The van der Waals surface area contributed by atoms with Gasteiger partial charge in [-0.1, -0.05) is 30.3 Å². The third-order valence-electron chi connectivity index (χ3n) is 3.49. The minimum Gasteiger partial charge on any atom is -0.480 e. The molecule has 0 radical (unpaired) electrons. The predicted molar refractivity (Wildman–Crippen MR) is 95.8 cm³/mol. The molecule has 2 rings (SSSR count). The summed E-state index contributed by atoms with van der Waals surface area (Å²) in [7, 11) is 0. The highest BCUT2D eigenvalue weighted by molar-refractivity contribution is 9.10. The van der Waals surface area contributed by atoms with Crippen molar-refractivity contribution in [2.45, 2.75) is 26.9 Å². The molecule has 0 spiro atoms. The van der Waals surface area contributed by atoms with Gasteiger partial charge in [-0.2, -0.15) is 0 Å². The first kappa shape index (κ1) is 18.0. The van der Waals surface area contributed by atoms with Gasteiger partial charge >= 0.3 is 0 Å². The van der Waals surface area contributed by atoms with Crippen LogP contribution in [-0.2, 0) is 4.79 Å². The zero-order chi connectivity index (χ0) is 17.7. The van der Waals surface area contributed by atoms with Crippen molar-refractivity contribution in [2.75, 3.05) is 0 Å². The minimum absolute atomic E-state index is 0.407. The third-order valence-corrected chi connectivity index (χ3v) is 4.18. The van der Waals surface area contributed by atoms with Gasteiger partial charge < -0.3 is 4.74 Å². The Morgan fingerprint density at radius 1 is 1.00 bits per heavy atom. The molecule has 2 N–H and O–H groups in total. The number of carbonyl (C=O) groups excluding carboxylic acids is 2. The highest BCUT2D eigenvalue weighted by Crippen LogP contribution is 2.23. The number of carbonyl (C=O) groups is 2. The van der Waals surface area contributed by atoms with E-state index in [0.717, 1.165) is 11.1 Å². The molecular formula is C18H19BrN2O3. The monoisotopic (exact) mass is 390 g/mol. The number of benzene rings is 2. The van der Waals surface area contributed by atoms with Crippen molar-refractivity contribution in [1.82, 2.24) is 10.9 Å². The number of para-hydroxylation sites is 1. The summed E-state index contributed by atoms with van der Waals surface area (Å²) < 4.78 is 6.38. The molecule has 0 bridgehead atoms. The number of halogens is 1. The van der Waals surface area contributed by atoms with Crippen LogP contribution < -0.4 is 15.6 Å². The van der Waals surface area contributed by atoms with E-state index >= 15 is 0 Å². The van der Waals surface area contributed by atoms with Crippen LogP contribution in [0, 0.1) is 13.8 Å². The van der Waals surface area contributed by atoms with Gasteiger partial charge in [-0.15, -0.1) is 0 Å². The number of hydrogen-bond acceptors (Lipinski definition) is 3. The van der Waals surface area contributed by atoms with Gasteiger partial charge in [-0.3, -0.25) is 20.4 Å². The summed E-state index contributed by atoms with van der Waals surface area (Å²) in [6, 6.07) is 12.7. The summed E-state index contributed by atoms with van der Waals surface area (Å²) >= 11 is 3.29. The summed E-state index contributed by atoms with van der Waals surface area (Å²) in [6.45, 7) is 5.47. The lowest BCUT2D eigenvalue weighted by atomic mass is 10.1. The first-order valence-electron chi connectivity index (χ1n) is 7.47. The van der Waals surface area contributed by atoms with Crippen molar-refractivity contribution in [3.63, 3.8) is 0 Å². The molecule has 0 aromatic heterocycles. The number of nitrogens with one attached hydrogen (secondary N) is 2. The first-order chi connectivity index (χ1) is 11.4. The predicted octanol–water partition coefficient (Wildman–Crippen LogP) is 3.29. The van der Waals surface area contributed by atoms with Crippen LogP contribution in [0.3, 0.4) is 0 Å². The largest absolute Gasteiger partial charge is 0.480 e. The summed E-state index contributed by atoms with van der Waals surface area (Å²) in [6.07, 6.45) is -0.746.